The van der Waals surface area contributed by atoms with E-state index in [-0.39, 0.29) is 24.7 Å². The second-order valence-electron chi connectivity index (χ2n) is 4.92. The SMILES string of the molecule is CCCC(CP(=O)(O)O)C(CC)(CC)C(=O)OCC. The summed E-state index contributed by atoms with van der Waals surface area (Å²) >= 11 is 0. The van der Waals surface area contributed by atoms with Crippen LogP contribution in [0.15, 0.2) is 0 Å². The number of carbonyl (C=O) groups excluding carboxylic acids is 1. The zero-order chi connectivity index (χ0) is 15.1. The predicted molar refractivity (Wildman–Crippen MR) is 75.0 cm³/mol. The van der Waals surface area contributed by atoms with Crippen LogP contribution >= 0.6 is 7.60 Å². The summed E-state index contributed by atoms with van der Waals surface area (Å²) in [6.45, 7) is 7.74. The van der Waals surface area contributed by atoms with Crippen molar-refractivity contribution in [2.24, 2.45) is 11.3 Å². The number of rotatable bonds is 9. The maximum absolute atomic E-state index is 12.3. The van der Waals surface area contributed by atoms with Gasteiger partial charge < -0.3 is 14.5 Å². The van der Waals surface area contributed by atoms with Crippen LogP contribution in [0.2, 0.25) is 0 Å². The first-order valence-electron chi connectivity index (χ1n) is 6.99. The molecular formula is C13H27O5P. The topological polar surface area (TPSA) is 83.8 Å². The lowest BCUT2D eigenvalue weighted by Gasteiger charge is -2.37. The highest BCUT2D eigenvalue weighted by Crippen LogP contribution is 2.48. The van der Waals surface area contributed by atoms with Crippen LogP contribution < -0.4 is 0 Å². The van der Waals surface area contributed by atoms with Crippen LogP contribution in [-0.2, 0) is 14.1 Å². The molecule has 0 saturated carbocycles. The van der Waals surface area contributed by atoms with Gasteiger partial charge in [0.05, 0.1) is 18.2 Å². The van der Waals surface area contributed by atoms with Crippen molar-refractivity contribution in [3.8, 4) is 0 Å². The van der Waals surface area contributed by atoms with Crippen LogP contribution in [0.1, 0.15) is 53.4 Å². The van der Waals surface area contributed by atoms with Gasteiger partial charge in [-0.3, -0.25) is 9.36 Å². The summed E-state index contributed by atoms with van der Waals surface area (Å²) < 4.78 is 16.5. The van der Waals surface area contributed by atoms with Gasteiger partial charge in [-0.15, -0.1) is 0 Å². The first-order valence-corrected chi connectivity index (χ1v) is 8.78. The fourth-order valence-corrected chi connectivity index (χ4v) is 3.84. The van der Waals surface area contributed by atoms with Crippen molar-refractivity contribution in [2.45, 2.75) is 53.4 Å². The zero-order valence-corrected chi connectivity index (χ0v) is 13.3. The molecule has 19 heavy (non-hydrogen) atoms. The average molecular weight is 294 g/mol. The molecule has 5 nitrogen and oxygen atoms in total. The minimum absolute atomic E-state index is 0.249. The first-order chi connectivity index (χ1) is 8.77. The van der Waals surface area contributed by atoms with Gasteiger partial charge in [0.25, 0.3) is 0 Å². The Hall–Kier alpha value is -0.380. The van der Waals surface area contributed by atoms with E-state index in [2.05, 4.69) is 0 Å². The molecule has 2 N–H and O–H groups in total. The largest absolute Gasteiger partial charge is 0.466 e. The zero-order valence-electron chi connectivity index (χ0n) is 12.4. The first kappa shape index (κ1) is 18.6. The summed E-state index contributed by atoms with van der Waals surface area (Å²) in [6, 6.07) is 0. The molecule has 0 amide bonds. The number of hydrogen-bond donors (Lipinski definition) is 2. The van der Waals surface area contributed by atoms with Crippen molar-refractivity contribution in [2.75, 3.05) is 12.8 Å². The summed E-state index contributed by atoms with van der Waals surface area (Å²) in [5, 5.41) is 0. The van der Waals surface area contributed by atoms with Crippen LogP contribution in [0.4, 0.5) is 0 Å². The lowest BCUT2D eigenvalue weighted by atomic mass is 9.70. The van der Waals surface area contributed by atoms with E-state index in [1.165, 1.54) is 0 Å². The Bertz CT molecular complexity index is 319. The fraction of sp³-hybridized carbons (Fsp3) is 0.923. The molecule has 6 heteroatoms. The Morgan fingerprint density at radius 1 is 1.21 bits per heavy atom. The molecule has 1 unspecified atom stereocenters. The highest BCUT2D eigenvalue weighted by atomic mass is 31.2. The molecule has 0 aromatic rings. The normalized spacial score (nSPS) is 14.2. The molecule has 0 radical (unpaired) electrons. The highest BCUT2D eigenvalue weighted by molar-refractivity contribution is 7.51. The minimum atomic E-state index is -4.14. The number of ether oxygens (including phenoxy) is 1. The molecule has 0 aliphatic heterocycles. The van der Waals surface area contributed by atoms with E-state index in [0.717, 1.165) is 6.42 Å². The van der Waals surface area contributed by atoms with Crippen molar-refractivity contribution >= 4 is 13.6 Å². The molecular weight excluding hydrogens is 267 g/mol. The van der Waals surface area contributed by atoms with Gasteiger partial charge in [0, 0.05) is 0 Å². The second-order valence-corrected chi connectivity index (χ2v) is 6.61. The molecule has 0 aliphatic carbocycles. The molecule has 0 rings (SSSR count). The standard InChI is InChI=1S/C13H27O5P/c1-5-9-11(10-19(15,16)17)13(6-2,7-3)12(14)18-8-4/h11H,5-10H2,1-4H3,(H2,15,16,17). The van der Waals surface area contributed by atoms with E-state index in [9.17, 15) is 19.1 Å². The van der Waals surface area contributed by atoms with E-state index in [4.69, 9.17) is 4.74 Å². The maximum atomic E-state index is 12.3. The van der Waals surface area contributed by atoms with Crippen LogP contribution in [0.25, 0.3) is 0 Å². The van der Waals surface area contributed by atoms with Gasteiger partial charge in [-0.1, -0.05) is 27.2 Å². The Morgan fingerprint density at radius 3 is 2.05 bits per heavy atom. The minimum Gasteiger partial charge on any atom is -0.466 e. The van der Waals surface area contributed by atoms with Crippen molar-refractivity contribution in [1.29, 1.82) is 0 Å². The van der Waals surface area contributed by atoms with Crippen LogP contribution in [0.3, 0.4) is 0 Å². The summed E-state index contributed by atoms with van der Waals surface area (Å²) in [7, 11) is -4.14. The smallest absolute Gasteiger partial charge is 0.325 e. The van der Waals surface area contributed by atoms with E-state index in [1.54, 1.807) is 6.92 Å². The van der Waals surface area contributed by atoms with E-state index < -0.39 is 13.0 Å². The van der Waals surface area contributed by atoms with Crippen molar-refractivity contribution in [1.82, 2.24) is 0 Å². The van der Waals surface area contributed by atoms with Gasteiger partial charge in [-0.2, -0.15) is 0 Å². The Balaban J connectivity index is 5.36. The van der Waals surface area contributed by atoms with E-state index >= 15 is 0 Å². The monoisotopic (exact) mass is 294 g/mol. The van der Waals surface area contributed by atoms with Gasteiger partial charge in [0.2, 0.25) is 0 Å². The van der Waals surface area contributed by atoms with Crippen molar-refractivity contribution in [3.63, 3.8) is 0 Å². The van der Waals surface area contributed by atoms with E-state index in [0.29, 0.717) is 19.3 Å². The maximum Gasteiger partial charge on any atom is 0.325 e. The average Bonchev–Trinajstić information content (AvgIpc) is 2.30. The van der Waals surface area contributed by atoms with Crippen LogP contribution in [-0.4, -0.2) is 28.5 Å². The Kier molecular flexibility index (Phi) is 7.87. The van der Waals surface area contributed by atoms with Gasteiger partial charge >= 0.3 is 13.6 Å². The quantitative estimate of drug-likeness (QED) is 0.504. The van der Waals surface area contributed by atoms with E-state index in [1.807, 2.05) is 20.8 Å². The summed E-state index contributed by atoms with van der Waals surface area (Å²) in [6.07, 6.45) is 2.22. The third kappa shape index (κ3) is 5.25. The summed E-state index contributed by atoms with van der Waals surface area (Å²) in [5.41, 5.74) is -0.785. The molecule has 1 atom stereocenters. The molecule has 0 spiro atoms. The fourth-order valence-electron chi connectivity index (χ4n) is 2.74. The third-order valence-electron chi connectivity index (χ3n) is 3.82. The van der Waals surface area contributed by atoms with Crippen LogP contribution in [0.5, 0.6) is 0 Å². The summed E-state index contributed by atoms with van der Waals surface area (Å²) in [5.74, 6) is -0.667. The van der Waals surface area contributed by atoms with Gasteiger partial charge in [0.1, 0.15) is 0 Å². The number of hydrogen-bond acceptors (Lipinski definition) is 3. The second kappa shape index (κ2) is 8.03. The Morgan fingerprint density at radius 2 is 1.74 bits per heavy atom. The molecule has 0 heterocycles. The third-order valence-corrected chi connectivity index (χ3v) is 4.74. The van der Waals surface area contributed by atoms with Gasteiger partial charge in [-0.05, 0) is 32.1 Å². The highest BCUT2D eigenvalue weighted by Gasteiger charge is 2.45. The summed E-state index contributed by atoms with van der Waals surface area (Å²) in [4.78, 5) is 30.7. The molecule has 0 saturated heterocycles. The number of carbonyl (C=O) groups is 1. The van der Waals surface area contributed by atoms with Gasteiger partial charge in [-0.25, -0.2) is 0 Å². The molecule has 114 valence electrons. The van der Waals surface area contributed by atoms with Crippen molar-refractivity contribution < 1.29 is 23.9 Å². The molecule has 0 aromatic heterocycles. The lowest BCUT2D eigenvalue weighted by molar-refractivity contribution is -0.159. The van der Waals surface area contributed by atoms with Crippen molar-refractivity contribution in [3.05, 3.63) is 0 Å². The number of esters is 1. The molecule has 0 fully saturated rings. The Labute approximate surface area is 115 Å². The van der Waals surface area contributed by atoms with Crippen LogP contribution in [0, 0.1) is 11.3 Å². The molecule has 0 aromatic carbocycles. The predicted octanol–water partition coefficient (Wildman–Crippen LogP) is 2.95. The van der Waals surface area contributed by atoms with Gasteiger partial charge in [0.15, 0.2) is 0 Å². The molecule has 0 bridgehead atoms. The molecule has 0 aliphatic rings. The lowest BCUT2D eigenvalue weighted by Crippen LogP contribution is -2.41.